The number of aliphatic hydroxyl groups excluding tert-OH is 2. The first-order chi connectivity index (χ1) is 34.3. The summed E-state index contributed by atoms with van der Waals surface area (Å²) in [6, 6.07) is -8.63. The number of amides is 8. The number of benzene rings is 1. The van der Waals surface area contributed by atoms with Crippen molar-refractivity contribution in [1.29, 1.82) is 0 Å². The van der Waals surface area contributed by atoms with E-state index in [4.69, 9.17) is 22.3 Å². The van der Waals surface area contributed by atoms with E-state index in [-0.39, 0.29) is 63.3 Å². The van der Waals surface area contributed by atoms with Crippen molar-refractivity contribution in [2.75, 3.05) is 31.7 Å². The van der Waals surface area contributed by atoms with Crippen LogP contribution < -0.4 is 54.4 Å². The van der Waals surface area contributed by atoms with Crippen LogP contribution in [-0.4, -0.2) is 199 Å². The van der Waals surface area contributed by atoms with Gasteiger partial charge in [-0.2, -0.15) is 11.8 Å². The highest BCUT2D eigenvalue weighted by atomic mass is 32.2. The van der Waals surface area contributed by atoms with Crippen LogP contribution in [0.4, 0.5) is 0 Å². The van der Waals surface area contributed by atoms with Crippen LogP contribution in [0.1, 0.15) is 64.4 Å². The predicted molar refractivity (Wildman–Crippen MR) is 258 cm³/mol. The Morgan fingerprint density at radius 2 is 1.23 bits per heavy atom. The normalized spacial score (nSPS) is 16.7. The van der Waals surface area contributed by atoms with E-state index < -0.39 is 145 Å². The van der Waals surface area contributed by atoms with Gasteiger partial charge < -0.3 is 90.0 Å². The van der Waals surface area contributed by atoms with Crippen LogP contribution in [0.3, 0.4) is 0 Å². The molecule has 0 saturated carbocycles. The third-order valence-corrected chi connectivity index (χ3v) is 11.6. The standard InChI is InChI=1S/C43H66N12O17S/c1-20(44)34(63)54-33(21(2)57)40(69)49-25(12-15-73-3)36(65)48-24(6-4-13-47-43(45)46)35(64)51-27(16-22-8-10-23(58)11-9-22)41(70)55-14-5-7-30(55)39(68)53-29(19-56)38(67)50-26(17-31(59)60)37(66)52-28(42(71)72)18-32(61)62/h8-11,20-21,24-30,33,56-58H,4-7,12-19,44H2,1-3H3,(H,48,65)(H,49,69)(H,50,67)(H,51,64)(H,52,66)(H,53,68)(H,54,63)(H,59,60)(H,61,62)(H,71,72)(H4,45,46,47). The Kier molecular flexibility index (Phi) is 25.9. The second-order valence-corrected chi connectivity index (χ2v) is 17.9. The molecule has 0 radical (unpaired) electrons. The van der Waals surface area contributed by atoms with Gasteiger partial charge in [0.05, 0.1) is 31.6 Å². The molecule has 1 aliphatic heterocycles. The van der Waals surface area contributed by atoms with Crippen molar-refractivity contribution >= 4 is 82.9 Å². The van der Waals surface area contributed by atoms with Gasteiger partial charge in [-0.3, -0.25) is 52.9 Å². The molecule has 1 aromatic rings. The van der Waals surface area contributed by atoms with E-state index in [2.05, 4.69) is 31.6 Å². The number of likely N-dealkylation sites (tertiary alicyclic amines) is 1. The zero-order chi connectivity index (χ0) is 55.1. The van der Waals surface area contributed by atoms with Crippen LogP contribution in [0.2, 0.25) is 0 Å². The van der Waals surface area contributed by atoms with Crippen molar-refractivity contribution in [2.45, 2.75) is 126 Å². The molecule has 30 heteroatoms. The van der Waals surface area contributed by atoms with Crippen LogP contribution in [0.15, 0.2) is 29.3 Å². The molecule has 406 valence electrons. The van der Waals surface area contributed by atoms with Gasteiger partial charge in [0.2, 0.25) is 47.3 Å². The number of rotatable bonds is 31. The summed E-state index contributed by atoms with van der Waals surface area (Å²) in [5.41, 5.74) is 17.0. The van der Waals surface area contributed by atoms with Crippen LogP contribution in [0.25, 0.3) is 0 Å². The number of thioether (sulfide) groups is 1. The lowest BCUT2D eigenvalue weighted by atomic mass is 10.0. The van der Waals surface area contributed by atoms with Crippen LogP contribution in [0, 0.1) is 0 Å². The maximum Gasteiger partial charge on any atom is 0.326 e. The van der Waals surface area contributed by atoms with Crippen LogP contribution in [-0.2, 0) is 59.2 Å². The molecule has 1 fully saturated rings. The van der Waals surface area contributed by atoms with E-state index in [1.165, 1.54) is 49.9 Å². The smallest absolute Gasteiger partial charge is 0.326 e. The summed E-state index contributed by atoms with van der Waals surface area (Å²) in [5, 5.41) is 74.3. The number of guanidine groups is 1. The summed E-state index contributed by atoms with van der Waals surface area (Å²) in [6.45, 7) is 1.36. The molecule has 73 heavy (non-hydrogen) atoms. The number of phenolic OH excluding ortho intramolecular Hbond substituents is 1. The Balaban J connectivity index is 2.47. The van der Waals surface area contributed by atoms with Gasteiger partial charge in [-0.25, -0.2) is 4.79 Å². The first-order valence-electron chi connectivity index (χ1n) is 22.8. The molecular weight excluding hydrogens is 989 g/mol. The van der Waals surface area contributed by atoms with Crippen LogP contribution in [0.5, 0.6) is 5.75 Å². The molecule has 0 aromatic heterocycles. The number of hydrogen-bond acceptors (Lipinski definition) is 17. The Bertz CT molecular complexity index is 2160. The lowest BCUT2D eigenvalue weighted by molar-refractivity contribution is -0.148. The second-order valence-electron chi connectivity index (χ2n) is 16.9. The summed E-state index contributed by atoms with van der Waals surface area (Å²) in [4.78, 5) is 148. The largest absolute Gasteiger partial charge is 0.508 e. The van der Waals surface area contributed by atoms with Gasteiger partial charge in [-0.15, -0.1) is 0 Å². The molecule has 0 spiro atoms. The number of aliphatic imine (C=N–C) groups is 1. The number of carboxylic acids is 3. The molecule has 10 atom stereocenters. The average Bonchev–Trinajstić information content (AvgIpc) is 3.81. The van der Waals surface area contributed by atoms with Gasteiger partial charge in [0.25, 0.3) is 0 Å². The van der Waals surface area contributed by atoms with E-state index in [9.17, 15) is 78.3 Å². The fourth-order valence-corrected chi connectivity index (χ4v) is 7.58. The first kappa shape index (κ1) is 61.8. The predicted octanol–water partition coefficient (Wildman–Crippen LogP) is -6.12. The summed E-state index contributed by atoms with van der Waals surface area (Å²) in [5.74, 6) is -13.2. The lowest BCUT2D eigenvalue weighted by Gasteiger charge is -2.31. The average molecular weight is 1060 g/mol. The minimum Gasteiger partial charge on any atom is -0.508 e. The Morgan fingerprint density at radius 3 is 1.77 bits per heavy atom. The summed E-state index contributed by atoms with van der Waals surface area (Å²) < 4.78 is 0. The van der Waals surface area contributed by atoms with E-state index in [1.807, 2.05) is 10.6 Å². The van der Waals surface area contributed by atoms with Crippen molar-refractivity contribution in [3.8, 4) is 5.75 Å². The Labute approximate surface area is 422 Å². The van der Waals surface area contributed by atoms with Crippen molar-refractivity contribution in [2.24, 2.45) is 22.2 Å². The summed E-state index contributed by atoms with van der Waals surface area (Å²) >= 11 is 1.32. The number of hydrogen-bond donors (Lipinski definition) is 16. The van der Waals surface area contributed by atoms with Crippen molar-refractivity contribution in [1.82, 2.24) is 42.1 Å². The third kappa shape index (κ3) is 21.1. The Morgan fingerprint density at radius 1 is 0.712 bits per heavy atom. The number of nitrogens with zero attached hydrogens (tertiary/aromatic N) is 2. The van der Waals surface area contributed by atoms with Gasteiger partial charge in [-0.1, -0.05) is 12.1 Å². The number of carboxylic acid groups (broad SMARTS) is 3. The molecule has 1 heterocycles. The molecule has 0 bridgehead atoms. The molecule has 19 N–H and O–H groups in total. The van der Waals surface area contributed by atoms with Gasteiger partial charge in [0.15, 0.2) is 5.96 Å². The molecule has 0 aliphatic carbocycles. The molecule has 1 aromatic carbocycles. The number of aromatic hydroxyl groups is 1. The summed E-state index contributed by atoms with van der Waals surface area (Å²) in [7, 11) is 0. The van der Waals surface area contributed by atoms with E-state index in [0.29, 0.717) is 11.3 Å². The topological polar surface area (TPSA) is 487 Å². The molecule has 10 unspecified atom stereocenters. The SMILES string of the molecule is CSCCC(NC(=O)C(NC(=O)C(C)N)C(C)O)C(=O)NC(CCCN=C(N)N)C(=O)NC(Cc1ccc(O)cc1)C(=O)N1CCCC1C(=O)NC(CO)C(=O)NC(CC(=O)O)C(=O)NC(CC(=O)O)C(=O)O. The molecule has 2 rings (SSSR count). The van der Waals surface area contributed by atoms with E-state index >= 15 is 0 Å². The molecule has 29 nitrogen and oxygen atoms in total. The van der Waals surface area contributed by atoms with E-state index in [1.54, 1.807) is 6.26 Å². The quantitative estimate of drug-likeness (QED) is 0.0187. The highest BCUT2D eigenvalue weighted by Crippen LogP contribution is 2.21. The fraction of sp³-hybridized carbons (Fsp3) is 0.581. The molecular formula is C43H66N12O17S. The van der Waals surface area contributed by atoms with Gasteiger partial charge in [0.1, 0.15) is 54.1 Å². The zero-order valence-electron chi connectivity index (χ0n) is 40.3. The second kappa shape index (κ2) is 30.5. The van der Waals surface area contributed by atoms with Gasteiger partial charge >= 0.3 is 17.9 Å². The monoisotopic (exact) mass is 1050 g/mol. The lowest BCUT2D eigenvalue weighted by Crippen LogP contribution is -2.61. The van der Waals surface area contributed by atoms with Crippen molar-refractivity contribution in [3.63, 3.8) is 0 Å². The minimum absolute atomic E-state index is 0.00802. The maximum absolute atomic E-state index is 14.6. The zero-order valence-corrected chi connectivity index (χ0v) is 41.1. The number of carbonyl (C=O) groups excluding carboxylic acids is 8. The van der Waals surface area contributed by atoms with Crippen molar-refractivity contribution in [3.05, 3.63) is 29.8 Å². The maximum atomic E-state index is 14.6. The number of nitrogens with two attached hydrogens (primary N) is 3. The third-order valence-electron chi connectivity index (χ3n) is 10.9. The first-order valence-corrected chi connectivity index (χ1v) is 24.2. The number of aliphatic carboxylic acids is 3. The Hall–Kier alpha value is -7.31. The summed E-state index contributed by atoms with van der Waals surface area (Å²) in [6.07, 6.45) is -2.05. The number of aliphatic hydroxyl groups is 2. The molecule has 8 amide bonds. The molecule has 1 aliphatic rings. The number of phenols is 1. The van der Waals surface area contributed by atoms with Gasteiger partial charge in [0, 0.05) is 19.5 Å². The number of carbonyl (C=O) groups is 11. The van der Waals surface area contributed by atoms with Crippen molar-refractivity contribution < 1.29 is 83.4 Å². The van der Waals surface area contributed by atoms with E-state index in [0.717, 1.165) is 4.90 Å². The number of nitrogens with one attached hydrogen (secondary N) is 7. The highest BCUT2D eigenvalue weighted by molar-refractivity contribution is 7.98. The molecule has 1 saturated heterocycles. The van der Waals surface area contributed by atoms with Crippen LogP contribution >= 0.6 is 11.8 Å². The fourth-order valence-electron chi connectivity index (χ4n) is 7.11. The van der Waals surface area contributed by atoms with Gasteiger partial charge in [-0.05, 0) is 75.7 Å². The minimum atomic E-state index is -2.03. The highest BCUT2D eigenvalue weighted by Gasteiger charge is 2.41.